The summed E-state index contributed by atoms with van der Waals surface area (Å²) in [5.74, 6) is 1.34. The molecule has 0 aliphatic carbocycles. The molecule has 1 atom stereocenters. The molecule has 3 rings (SSSR count). The summed E-state index contributed by atoms with van der Waals surface area (Å²) in [6, 6.07) is 4.13. The van der Waals surface area contributed by atoms with Crippen LogP contribution in [0.15, 0.2) is 22.9 Å². The Bertz CT molecular complexity index is 633. The molecular formula is C14H19N5O2. The van der Waals surface area contributed by atoms with Gasteiger partial charge in [-0.3, -0.25) is 14.4 Å². The van der Waals surface area contributed by atoms with E-state index in [-0.39, 0.29) is 5.91 Å². The number of hydrogen-bond donors (Lipinski definition) is 1. The lowest BCUT2D eigenvalue weighted by Crippen LogP contribution is -2.21. The summed E-state index contributed by atoms with van der Waals surface area (Å²) in [4.78, 5) is 13.4. The lowest BCUT2D eigenvalue weighted by Gasteiger charge is -2.14. The van der Waals surface area contributed by atoms with Crippen molar-refractivity contribution in [2.75, 3.05) is 18.4 Å². The monoisotopic (exact) mass is 289 g/mol. The molecule has 21 heavy (non-hydrogen) atoms. The van der Waals surface area contributed by atoms with Gasteiger partial charge in [0.25, 0.3) is 0 Å². The standard InChI is InChI=1S/C14H19N5O2/c1-10-7-12(17-21-10)8-18-5-3-13(9-18)19-6-4-14(16-19)15-11(2)20/h4,6-7,13H,3,5,8-9H2,1-2H3,(H,15,16,20). The Hall–Kier alpha value is -2.15. The zero-order valence-corrected chi connectivity index (χ0v) is 12.2. The second-order valence-electron chi connectivity index (χ2n) is 5.47. The molecule has 1 aliphatic rings. The third kappa shape index (κ3) is 3.30. The molecule has 7 heteroatoms. The predicted octanol–water partition coefficient (Wildman–Crippen LogP) is 1.58. The number of carbonyl (C=O) groups excluding carboxylic acids is 1. The molecular weight excluding hydrogens is 270 g/mol. The summed E-state index contributed by atoms with van der Waals surface area (Å²) >= 11 is 0. The number of nitrogens with zero attached hydrogens (tertiary/aromatic N) is 4. The zero-order valence-electron chi connectivity index (χ0n) is 12.2. The Morgan fingerprint density at radius 3 is 3.14 bits per heavy atom. The molecule has 1 aliphatic heterocycles. The van der Waals surface area contributed by atoms with Crippen molar-refractivity contribution >= 4 is 11.7 Å². The van der Waals surface area contributed by atoms with Gasteiger partial charge in [0.05, 0.1) is 11.7 Å². The lowest BCUT2D eigenvalue weighted by molar-refractivity contribution is -0.114. The number of hydrogen-bond acceptors (Lipinski definition) is 5. The number of anilines is 1. The van der Waals surface area contributed by atoms with Gasteiger partial charge in [-0.05, 0) is 13.3 Å². The van der Waals surface area contributed by atoms with Gasteiger partial charge in [0.15, 0.2) is 5.82 Å². The SMILES string of the molecule is CC(=O)Nc1ccn(C2CCN(Cc3cc(C)on3)C2)n1. The summed E-state index contributed by atoms with van der Waals surface area (Å²) in [5, 5.41) is 11.1. The van der Waals surface area contributed by atoms with E-state index >= 15 is 0 Å². The molecule has 112 valence electrons. The van der Waals surface area contributed by atoms with E-state index in [9.17, 15) is 4.79 Å². The highest BCUT2D eigenvalue weighted by atomic mass is 16.5. The molecule has 1 amide bonds. The molecule has 2 aromatic heterocycles. The van der Waals surface area contributed by atoms with E-state index in [1.807, 2.05) is 29.9 Å². The molecule has 1 saturated heterocycles. The van der Waals surface area contributed by atoms with Crippen molar-refractivity contribution in [1.82, 2.24) is 19.8 Å². The highest BCUT2D eigenvalue weighted by Crippen LogP contribution is 2.23. The number of aryl methyl sites for hydroxylation is 1. The third-order valence-corrected chi connectivity index (χ3v) is 3.60. The Balaban J connectivity index is 1.58. The highest BCUT2D eigenvalue weighted by Gasteiger charge is 2.25. The molecule has 1 fully saturated rings. The minimum Gasteiger partial charge on any atom is -0.361 e. The van der Waals surface area contributed by atoms with Crippen molar-refractivity contribution in [2.45, 2.75) is 32.9 Å². The van der Waals surface area contributed by atoms with Crippen LogP contribution in [-0.2, 0) is 11.3 Å². The average molecular weight is 289 g/mol. The Morgan fingerprint density at radius 2 is 2.43 bits per heavy atom. The maximum absolute atomic E-state index is 11.0. The van der Waals surface area contributed by atoms with Crippen LogP contribution in [0.4, 0.5) is 5.82 Å². The summed E-state index contributed by atoms with van der Waals surface area (Å²) in [5.41, 5.74) is 0.965. The van der Waals surface area contributed by atoms with Gasteiger partial charge in [-0.25, -0.2) is 0 Å². The molecule has 0 bridgehead atoms. The largest absolute Gasteiger partial charge is 0.361 e. The summed E-state index contributed by atoms with van der Waals surface area (Å²) in [7, 11) is 0. The van der Waals surface area contributed by atoms with Gasteiger partial charge >= 0.3 is 0 Å². The quantitative estimate of drug-likeness (QED) is 0.925. The normalized spacial score (nSPS) is 19.0. The maximum Gasteiger partial charge on any atom is 0.222 e. The number of nitrogens with one attached hydrogen (secondary N) is 1. The van der Waals surface area contributed by atoms with Gasteiger partial charge in [-0.15, -0.1) is 0 Å². The third-order valence-electron chi connectivity index (χ3n) is 3.60. The highest BCUT2D eigenvalue weighted by molar-refractivity contribution is 5.87. The fourth-order valence-corrected chi connectivity index (χ4v) is 2.68. The van der Waals surface area contributed by atoms with Crippen LogP contribution in [-0.4, -0.2) is 38.8 Å². The van der Waals surface area contributed by atoms with Gasteiger partial charge in [0, 0.05) is 44.9 Å². The van der Waals surface area contributed by atoms with Crippen molar-refractivity contribution in [3.8, 4) is 0 Å². The van der Waals surface area contributed by atoms with Crippen LogP contribution in [0.25, 0.3) is 0 Å². The molecule has 1 unspecified atom stereocenters. The van der Waals surface area contributed by atoms with Crippen LogP contribution in [0, 0.1) is 6.92 Å². The van der Waals surface area contributed by atoms with Crippen molar-refractivity contribution < 1.29 is 9.32 Å². The number of rotatable bonds is 4. The minimum atomic E-state index is -0.102. The van der Waals surface area contributed by atoms with Crippen LogP contribution in [0.3, 0.4) is 0 Å². The van der Waals surface area contributed by atoms with Gasteiger partial charge < -0.3 is 9.84 Å². The molecule has 0 spiro atoms. The van der Waals surface area contributed by atoms with Crippen LogP contribution in [0.2, 0.25) is 0 Å². The first-order valence-electron chi connectivity index (χ1n) is 7.07. The van der Waals surface area contributed by atoms with Gasteiger partial charge in [0.1, 0.15) is 5.76 Å². The lowest BCUT2D eigenvalue weighted by atomic mass is 10.3. The van der Waals surface area contributed by atoms with Crippen molar-refractivity contribution in [1.29, 1.82) is 0 Å². The first kappa shape index (κ1) is 13.8. The Labute approximate surface area is 122 Å². The summed E-state index contributed by atoms with van der Waals surface area (Å²) < 4.78 is 7.02. The van der Waals surface area contributed by atoms with E-state index in [1.165, 1.54) is 6.92 Å². The van der Waals surface area contributed by atoms with E-state index in [4.69, 9.17) is 4.52 Å². The number of amides is 1. The van der Waals surface area contributed by atoms with E-state index in [0.29, 0.717) is 11.9 Å². The molecule has 2 aromatic rings. The minimum absolute atomic E-state index is 0.102. The first-order valence-corrected chi connectivity index (χ1v) is 7.07. The second kappa shape index (κ2) is 5.69. The fraction of sp³-hybridized carbons (Fsp3) is 0.500. The Morgan fingerprint density at radius 1 is 1.57 bits per heavy atom. The van der Waals surface area contributed by atoms with Crippen molar-refractivity contribution in [3.05, 3.63) is 29.8 Å². The number of aromatic nitrogens is 3. The molecule has 3 heterocycles. The van der Waals surface area contributed by atoms with E-state index in [0.717, 1.165) is 37.5 Å². The maximum atomic E-state index is 11.0. The summed E-state index contributed by atoms with van der Waals surface area (Å²) in [6.07, 6.45) is 2.96. The molecule has 7 nitrogen and oxygen atoms in total. The van der Waals surface area contributed by atoms with Crippen LogP contribution < -0.4 is 5.32 Å². The Kier molecular flexibility index (Phi) is 3.74. The second-order valence-corrected chi connectivity index (χ2v) is 5.47. The predicted molar refractivity (Wildman–Crippen MR) is 76.7 cm³/mol. The van der Waals surface area contributed by atoms with E-state index in [2.05, 4.69) is 20.5 Å². The van der Waals surface area contributed by atoms with Gasteiger partial charge in [-0.2, -0.15) is 5.10 Å². The average Bonchev–Trinajstić information content (AvgIpc) is 3.11. The first-order chi connectivity index (χ1) is 10.1. The number of carbonyl (C=O) groups is 1. The van der Waals surface area contributed by atoms with Gasteiger partial charge in [0.2, 0.25) is 5.91 Å². The molecule has 0 radical (unpaired) electrons. The summed E-state index contributed by atoms with van der Waals surface area (Å²) in [6.45, 7) is 6.11. The molecule has 0 saturated carbocycles. The number of likely N-dealkylation sites (tertiary alicyclic amines) is 1. The van der Waals surface area contributed by atoms with Crippen LogP contribution in [0.1, 0.15) is 30.8 Å². The van der Waals surface area contributed by atoms with Crippen LogP contribution in [0.5, 0.6) is 0 Å². The van der Waals surface area contributed by atoms with Crippen LogP contribution >= 0.6 is 0 Å². The van der Waals surface area contributed by atoms with Gasteiger partial charge in [-0.1, -0.05) is 5.16 Å². The zero-order chi connectivity index (χ0) is 14.8. The molecule has 0 aromatic carbocycles. The van der Waals surface area contributed by atoms with E-state index < -0.39 is 0 Å². The molecule has 1 N–H and O–H groups in total. The topological polar surface area (TPSA) is 76.2 Å². The fourth-order valence-electron chi connectivity index (χ4n) is 2.68. The smallest absolute Gasteiger partial charge is 0.222 e. The van der Waals surface area contributed by atoms with Crippen molar-refractivity contribution in [3.63, 3.8) is 0 Å². The van der Waals surface area contributed by atoms with Crippen molar-refractivity contribution in [2.24, 2.45) is 0 Å². The van der Waals surface area contributed by atoms with E-state index in [1.54, 1.807) is 0 Å².